The fraction of sp³-hybridized carbons (Fsp3) is 0.312. The van der Waals surface area contributed by atoms with Crippen molar-refractivity contribution < 1.29 is 4.79 Å². The summed E-state index contributed by atoms with van der Waals surface area (Å²) in [6.45, 7) is 2.23. The van der Waals surface area contributed by atoms with Crippen LogP contribution >= 0.6 is 11.3 Å². The normalized spacial score (nSPS) is 12.3. The van der Waals surface area contributed by atoms with E-state index in [0.29, 0.717) is 0 Å². The second kappa shape index (κ2) is 4.69. The zero-order valence-corrected chi connectivity index (χ0v) is 11.3. The van der Waals surface area contributed by atoms with E-state index in [0.717, 1.165) is 17.6 Å². The zero-order valence-electron chi connectivity index (χ0n) is 10.5. The molecule has 0 saturated carbocycles. The number of aryl methyl sites for hydroxylation is 1. The van der Waals surface area contributed by atoms with Crippen LogP contribution in [-0.2, 0) is 12.8 Å². The van der Waals surface area contributed by atoms with Crippen molar-refractivity contribution in [3.63, 3.8) is 0 Å². The number of benzene rings is 1. The molecular formula is C16H16OS. The third-order valence-electron chi connectivity index (χ3n) is 3.56. The lowest BCUT2D eigenvalue weighted by molar-refractivity contribution is 0.112. The highest BCUT2D eigenvalue weighted by molar-refractivity contribution is 7.17. The molecule has 1 aliphatic carbocycles. The first-order chi connectivity index (χ1) is 8.81. The van der Waals surface area contributed by atoms with Crippen LogP contribution in [0.2, 0.25) is 0 Å². The van der Waals surface area contributed by atoms with Crippen molar-refractivity contribution in [2.24, 2.45) is 0 Å². The highest BCUT2D eigenvalue weighted by atomic mass is 32.1. The van der Waals surface area contributed by atoms with Crippen LogP contribution in [0.1, 0.15) is 46.1 Å². The van der Waals surface area contributed by atoms with Crippen molar-refractivity contribution in [2.45, 2.75) is 32.6 Å². The molecule has 18 heavy (non-hydrogen) atoms. The lowest BCUT2D eigenvalue weighted by Gasteiger charge is -2.04. The van der Waals surface area contributed by atoms with Crippen LogP contribution < -0.4 is 0 Å². The van der Waals surface area contributed by atoms with E-state index in [9.17, 15) is 4.79 Å². The molecule has 0 radical (unpaired) electrons. The molecule has 0 fully saturated rings. The van der Waals surface area contributed by atoms with E-state index in [2.05, 4.69) is 25.1 Å². The molecule has 0 atom stereocenters. The lowest BCUT2D eigenvalue weighted by Crippen LogP contribution is -1.88. The van der Waals surface area contributed by atoms with Crippen LogP contribution in [0.25, 0.3) is 10.4 Å². The average Bonchev–Trinajstić information content (AvgIpc) is 2.92. The van der Waals surface area contributed by atoms with Gasteiger partial charge in [-0.2, -0.15) is 0 Å². The first kappa shape index (κ1) is 11.7. The molecule has 1 heterocycles. The Morgan fingerprint density at radius 1 is 1.28 bits per heavy atom. The summed E-state index contributed by atoms with van der Waals surface area (Å²) < 4.78 is 0. The lowest BCUT2D eigenvalue weighted by atomic mass is 10.0. The first-order valence-electron chi connectivity index (χ1n) is 6.52. The van der Waals surface area contributed by atoms with Gasteiger partial charge >= 0.3 is 0 Å². The van der Waals surface area contributed by atoms with E-state index >= 15 is 0 Å². The largest absolute Gasteiger partial charge is 0.297 e. The first-order valence-corrected chi connectivity index (χ1v) is 7.33. The monoisotopic (exact) mass is 256 g/mol. The number of rotatable bonds is 4. The maximum absolute atomic E-state index is 10.8. The minimum absolute atomic E-state index is 0.848. The number of aldehydes is 1. The molecule has 1 aromatic heterocycles. The maximum Gasteiger partial charge on any atom is 0.160 e. The van der Waals surface area contributed by atoms with Gasteiger partial charge in [0.25, 0.3) is 0 Å². The molecule has 0 N–H and O–H groups in total. The number of thiophene rings is 1. The van der Waals surface area contributed by atoms with Crippen molar-refractivity contribution in [1.29, 1.82) is 0 Å². The van der Waals surface area contributed by atoms with E-state index in [-0.39, 0.29) is 0 Å². The second-order valence-electron chi connectivity index (χ2n) is 4.89. The Bertz CT molecular complexity index is 595. The minimum Gasteiger partial charge on any atom is -0.297 e. The van der Waals surface area contributed by atoms with E-state index in [4.69, 9.17) is 0 Å². The summed E-state index contributed by atoms with van der Waals surface area (Å²) in [6, 6.07) is 8.86. The topological polar surface area (TPSA) is 17.1 Å². The van der Waals surface area contributed by atoms with Gasteiger partial charge in [-0.15, -0.1) is 11.3 Å². The van der Waals surface area contributed by atoms with Crippen molar-refractivity contribution in [2.75, 3.05) is 0 Å². The number of carbonyl (C=O) groups excluding carboxylic acids is 1. The van der Waals surface area contributed by atoms with Crippen LogP contribution in [0.15, 0.2) is 24.3 Å². The Morgan fingerprint density at radius 2 is 2.17 bits per heavy atom. The van der Waals surface area contributed by atoms with Crippen LogP contribution in [-0.4, -0.2) is 6.29 Å². The zero-order chi connectivity index (χ0) is 12.5. The van der Waals surface area contributed by atoms with E-state index in [1.54, 1.807) is 11.3 Å². The van der Waals surface area contributed by atoms with Gasteiger partial charge < -0.3 is 0 Å². The predicted octanol–water partition coefficient (Wildman–Crippen LogP) is 4.47. The van der Waals surface area contributed by atoms with Crippen molar-refractivity contribution in [1.82, 2.24) is 0 Å². The van der Waals surface area contributed by atoms with E-state index < -0.39 is 0 Å². The molecule has 3 rings (SSSR count). The van der Waals surface area contributed by atoms with Gasteiger partial charge in [-0.1, -0.05) is 31.5 Å². The van der Waals surface area contributed by atoms with Gasteiger partial charge in [-0.25, -0.2) is 0 Å². The molecule has 1 aliphatic rings. The van der Waals surface area contributed by atoms with Gasteiger partial charge in [-0.05, 0) is 47.6 Å². The van der Waals surface area contributed by atoms with Crippen molar-refractivity contribution in [3.8, 4) is 10.4 Å². The van der Waals surface area contributed by atoms with Crippen LogP contribution in [0.4, 0.5) is 0 Å². The Kier molecular flexibility index (Phi) is 3.04. The highest BCUT2D eigenvalue weighted by Crippen LogP contribution is 2.42. The predicted molar refractivity (Wildman–Crippen MR) is 76.6 cm³/mol. The van der Waals surface area contributed by atoms with Crippen LogP contribution in [0.5, 0.6) is 0 Å². The molecule has 92 valence electrons. The Balaban J connectivity index is 1.94. The summed E-state index contributed by atoms with van der Waals surface area (Å²) >= 11 is 1.62. The fourth-order valence-electron chi connectivity index (χ4n) is 2.62. The summed E-state index contributed by atoms with van der Waals surface area (Å²) in [6.07, 6.45) is 5.63. The Labute approximate surface area is 111 Å². The average molecular weight is 256 g/mol. The molecule has 0 bridgehead atoms. The number of hydrogen-bond acceptors (Lipinski definition) is 2. The Hall–Kier alpha value is -1.41. The quantitative estimate of drug-likeness (QED) is 0.629. The molecule has 2 heteroatoms. The molecule has 0 saturated heterocycles. The molecular weight excluding hydrogens is 240 g/mol. The molecule has 1 nitrogen and oxygen atoms in total. The summed E-state index contributed by atoms with van der Waals surface area (Å²) in [5, 5.41) is 0. The van der Waals surface area contributed by atoms with Crippen LogP contribution in [0, 0.1) is 0 Å². The van der Waals surface area contributed by atoms with Gasteiger partial charge in [0, 0.05) is 4.88 Å². The van der Waals surface area contributed by atoms with Gasteiger partial charge in [0.2, 0.25) is 0 Å². The summed E-state index contributed by atoms with van der Waals surface area (Å²) in [5.41, 5.74) is 5.54. The summed E-state index contributed by atoms with van der Waals surface area (Å²) in [7, 11) is 0. The van der Waals surface area contributed by atoms with Gasteiger partial charge in [0.1, 0.15) is 0 Å². The van der Waals surface area contributed by atoms with Gasteiger partial charge in [-0.3, -0.25) is 4.79 Å². The molecule has 0 spiro atoms. The number of hydrogen-bond donors (Lipinski definition) is 0. The third-order valence-corrected chi connectivity index (χ3v) is 4.69. The molecule has 0 unspecified atom stereocenters. The molecule has 2 aromatic rings. The van der Waals surface area contributed by atoms with Gasteiger partial charge in [0.05, 0.1) is 4.88 Å². The smallest absolute Gasteiger partial charge is 0.160 e. The number of carbonyl (C=O) groups is 1. The van der Waals surface area contributed by atoms with Crippen LogP contribution in [0.3, 0.4) is 0 Å². The minimum atomic E-state index is 0.848. The molecule has 0 aliphatic heterocycles. The van der Waals surface area contributed by atoms with E-state index in [1.807, 2.05) is 6.07 Å². The molecule has 1 aromatic carbocycles. The highest BCUT2D eigenvalue weighted by Gasteiger charge is 2.21. The summed E-state index contributed by atoms with van der Waals surface area (Å²) in [5.74, 6) is 0. The fourth-order valence-corrected chi connectivity index (χ4v) is 3.68. The van der Waals surface area contributed by atoms with Gasteiger partial charge in [0.15, 0.2) is 6.29 Å². The second-order valence-corrected chi connectivity index (χ2v) is 5.98. The van der Waals surface area contributed by atoms with Crippen molar-refractivity contribution in [3.05, 3.63) is 45.8 Å². The summed E-state index contributed by atoms with van der Waals surface area (Å²) in [4.78, 5) is 13.0. The maximum atomic E-state index is 10.8. The molecule has 0 amide bonds. The third kappa shape index (κ3) is 1.91. The Morgan fingerprint density at radius 3 is 2.94 bits per heavy atom. The number of unbranched alkanes of at least 4 members (excludes halogenated alkanes) is 1. The van der Waals surface area contributed by atoms with E-state index in [1.165, 1.54) is 46.4 Å². The van der Waals surface area contributed by atoms with Crippen molar-refractivity contribution >= 4 is 17.6 Å². The number of fused-ring (bicyclic) bond motifs is 3. The SMILES string of the molecule is CCCCc1ccc2c(c1)Cc1cc(C=O)sc1-2. The standard InChI is InChI=1S/C16H16OS/c1-2-3-4-11-5-6-15-12(7-11)8-13-9-14(10-17)18-16(13)15/h5-7,9-10H,2-4,8H2,1H3.